The van der Waals surface area contributed by atoms with Crippen LogP contribution in [0.4, 0.5) is 0 Å². The van der Waals surface area contributed by atoms with Crippen molar-refractivity contribution >= 4 is 11.8 Å². The van der Waals surface area contributed by atoms with Gasteiger partial charge in [-0.15, -0.1) is 0 Å². The van der Waals surface area contributed by atoms with Crippen LogP contribution < -0.4 is 5.32 Å². The summed E-state index contributed by atoms with van der Waals surface area (Å²) in [6.45, 7) is 7.11. The SMILES string of the molecule is C=C(CC)CC(NC)C1CSCCO1. The Bertz CT molecular complexity index is 178. The molecule has 82 valence electrons. The van der Waals surface area contributed by atoms with Gasteiger partial charge in [0.25, 0.3) is 0 Å². The van der Waals surface area contributed by atoms with Crippen LogP contribution in [0.15, 0.2) is 12.2 Å². The Balaban J connectivity index is 2.39. The lowest BCUT2D eigenvalue weighted by molar-refractivity contribution is 0.0491. The van der Waals surface area contributed by atoms with Crippen molar-refractivity contribution in [2.75, 3.05) is 25.2 Å². The summed E-state index contributed by atoms with van der Waals surface area (Å²) >= 11 is 1.99. The van der Waals surface area contributed by atoms with Crippen molar-refractivity contribution in [2.24, 2.45) is 0 Å². The minimum atomic E-state index is 0.363. The van der Waals surface area contributed by atoms with Crippen LogP contribution in [0.2, 0.25) is 0 Å². The number of likely N-dealkylation sites (N-methyl/N-ethyl adjacent to an activating group) is 1. The van der Waals surface area contributed by atoms with Gasteiger partial charge in [-0.1, -0.05) is 19.1 Å². The van der Waals surface area contributed by atoms with Crippen molar-refractivity contribution in [3.05, 3.63) is 12.2 Å². The van der Waals surface area contributed by atoms with E-state index in [4.69, 9.17) is 4.74 Å². The van der Waals surface area contributed by atoms with Crippen LogP contribution in [0.3, 0.4) is 0 Å². The average molecular weight is 215 g/mol. The molecule has 3 heteroatoms. The molecule has 2 atom stereocenters. The standard InChI is InChI=1S/C11H21NOS/c1-4-9(2)7-10(12-3)11-8-14-6-5-13-11/h10-12H,2,4-8H2,1,3H3. The molecular weight excluding hydrogens is 194 g/mol. The highest BCUT2D eigenvalue weighted by Gasteiger charge is 2.23. The molecule has 1 fully saturated rings. The molecule has 0 saturated carbocycles. The Morgan fingerprint density at radius 3 is 3.00 bits per heavy atom. The quantitative estimate of drug-likeness (QED) is 0.709. The normalized spacial score (nSPS) is 24.6. The molecule has 0 spiro atoms. The Morgan fingerprint density at radius 2 is 2.50 bits per heavy atom. The van der Waals surface area contributed by atoms with E-state index in [-0.39, 0.29) is 0 Å². The van der Waals surface area contributed by atoms with E-state index in [1.807, 2.05) is 18.8 Å². The molecule has 1 aliphatic heterocycles. The molecule has 2 nitrogen and oxygen atoms in total. The molecule has 2 unspecified atom stereocenters. The van der Waals surface area contributed by atoms with Gasteiger partial charge in [0.2, 0.25) is 0 Å². The summed E-state index contributed by atoms with van der Waals surface area (Å²) < 4.78 is 5.75. The van der Waals surface area contributed by atoms with Crippen LogP contribution in [0, 0.1) is 0 Å². The lowest BCUT2D eigenvalue weighted by atomic mass is 10.0. The molecule has 0 amide bonds. The van der Waals surface area contributed by atoms with Gasteiger partial charge in [0, 0.05) is 17.5 Å². The van der Waals surface area contributed by atoms with Crippen molar-refractivity contribution in [3.8, 4) is 0 Å². The predicted octanol–water partition coefficient (Wildman–Crippen LogP) is 2.06. The van der Waals surface area contributed by atoms with Crippen molar-refractivity contribution in [1.29, 1.82) is 0 Å². The largest absolute Gasteiger partial charge is 0.375 e. The monoisotopic (exact) mass is 215 g/mol. The third-order valence-corrected chi connectivity index (χ3v) is 3.69. The van der Waals surface area contributed by atoms with Crippen molar-refractivity contribution in [2.45, 2.75) is 31.9 Å². The molecule has 0 bridgehead atoms. The van der Waals surface area contributed by atoms with Crippen LogP contribution in [0.5, 0.6) is 0 Å². The van der Waals surface area contributed by atoms with E-state index in [0.29, 0.717) is 12.1 Å². The zero-order chi connectivity index (χ0) is 10.4. The number of hydrogen-bond donors (Lipinski definition) is 1. The molecule has 1 N–H and O–H groups in total. The van der Waals surface area contributed by atoms with Crippen LogP contribution in [0.1, 0.15) is 19.8 Å². The first-order valence-electron chi connectivity index (χ1n) is 5.31. The van der Waals surface area contributed by atoms with E-state index < -0.39 is 0 Å². The fraction of sp³-hybridized carbons (Fsp3) is 0.818. The summed E-state index contributed by atoms with van der Waals surface area (Å²) in [5.74, 6) is 2.25. The summed E-state index contributed by atoms with van der Waals surface area (Å²) in [6, 6.07) is 0.440. The summed E-state index contributed by atoms with van der Waals surface area (Å²) in [5, 5.41) is 3.34. The van der Waals surface area contributed by atoms with Gasteiger partial charge in [0.1, 0.15) is 0 Å². The maximum atomic E-state index is 5.75. The topological polar surface area (TPSA) is 21.3 Å². The number of hydrogen-bond acceptors (Lipinski definition) is 3. The molecule has 0 aliphatic carbocycles. The summed E-state index contributed by atoms with van der Waals surface area (Å²) in [5.41, 5.74) is 1.31. The van der Waals surface area contributed by atoms with Crippen LogP contribution in [0.25, 0.3) is 0 Å². The van der Waals surface area contributed by atoms with Crippen LogP contribution in [-0.2, 0) is 4.74 Å². The second-order valence-electron chi connectivity index (χ2n) is 3.69. The van der Waals surface area contributed by atoms with E-state index >= 15 is 0 Å². The highest BCUT2D eigenvalue weighted by molar-refractivity contribution is 7.99. The van der Waals surface area contributed by atoms with E-state index in [1.54, 1.807) is 0 Å². The van der Waals surface area contributed by atoms with Gasteiger partial charge in [-0.2, -0.15) is 11.8 Å². The molecule has 1 aliphatic rings. The van der Waals surface area contributed by atoms with Gasteiger partial charge in [-0.05, 0) is 19.9 Å². The maximum absolute atomic E-state index is 5.75. The zero-order valence-electron chi connectivity index (χ0n) is 9.21. The molecule has 1 saturated heterocycles. The number of thioether (sulfide) groups is 1. The van der Waals surface area contributed by atoms with Gasteiger partial charge in [-0.3, -0.25) is 0 Å². The second-order valence-corrected chi connectivity index (χ2v) is 4.84. The smallest absolute Gasteiger partial charge is 0.0821 e. The number of ether oxygens (including phenoxy) is 1. The molecule has 0 aromatic heterocycles. The van der Waals surface area contributed by atoms with Gasteiger partial charge >= 0.3 is 0 Å². The zero-order valence-corrected chi connectivity index (χ0v) is 10.0. The van der Waals surface area contributed by atoms with Gasteiger partial charge in [-0.25, -0.2) is 0 Å². The fourth-order valence-electron chi connectivity index (χ4n) is 1.61. The Morgan fingerprint density at radius 1 is 1.71 bits per heavy atom. The molecule has 0 aromatic rings. The van der Waals surface area contributed by atoms with E-state index in [9.17, 15) is 0 Å². The summed E-state index contributed by atoms with van der Waals surface area (Å²) in [6.07, 6.45) is 2.47. The fourth-order valence-corrected chi connectivity index (χ4v) is 2.55. The van der Waals surface area contributed by atoms with Gasteiger partial charge < -0.3 is 10.1 Å². The van der Waals surface area contributed by atoms with E-state index in [2.05, 4.69) is 18.8 Å². The number of rotatable bonds is 5. The Kier molecular flexibility index (Phi) is 5.60. The summed E-state index contributed by atoms with van der Waals surface area (Å²) in [4.78, 5) is 0. The average Bonchev–Trinajstić information content (AvgIpc) is 2.26. The maximum Gasteiger partial charge on any atom is 0.0821 e. The van der Waals surface area contributed by atoms with Crippen molar-refractivity contribution in [3.63, 3.8) is 0 Å². The Labute approximate surface area is 91.5 Å². The molecule has 0 aromatic carbocycles. The lowest BCUT2D eigenvalue weighted by Crippen LogP contribution is -2.43. The lowest BCUT2D eigenvalue weighted by Gasteiger charge is -2.30. The van der Waals surface area contributed by atoms with Crippen molar-refractivity contribution in [1.82, 2.24) is 5.32 Å². The first-order valence-corrected chi connectivity index (χ1v) is 6.46. The second kappa shape index (κ2) is 6.49. The highest BCUT2D eigenvalue weighted by Crippen LogP contribution is 2.19. The minimum absolute atomic E-state index is 0.363. The van der Waals surface area contributed by atoms with E-state index in [1.165, 1.54) is 5.57 Å². The summed E-state index contributed by atoms with van der Waals surface area (Å²) in [7, 11) is 2.01. The first-order chi connectivity index (χ1) is 6.77. The highest BCUT2D eigenvalue weighted by atomic mass is 32.2. The van der Waals surface area contributed by atoms with Crippen LogP contribution >= 0.6 is 11.8 Å². The molecule has 14 heavy (non-hydrogen) atoms. The van der Waals surface area contributed by atoms with Gasteiger partial charge in [0.05, 0.1) is 12.7 Å². The minimum Gasteiger partial charge on any atom is -0.375 e. The van der Waals surface area contributed by atoms with Crippen molar-refractivity contribution < 1.29 is 4.74 Å². The van der Waals surface area contributed by atoms with Gasteiger partial charge in [0.15, 0.2) is 0 Å². The Hall–Kier alpha value is 0.01000. The molecular formula is C11H21NOS. The predicted molar refractivity (Wildman–Crippen MR) is 64.0 cm³/mol. The first kappa shape index (κ1) is 12.1. The molecule has 1 heterocycles. The third kappa shape index (κ3) is 3.64. The van der Waals surface area contributed by atoms with Crippen LogP contribution in [-0.4, -0.2) is 37.3 Å². The van der Waals surface area contributed by atoms with E-state index in [0.717, 1.165) is 31.0 Å². The molecule has 1 rings (SSSR count). The third-order valence-electron chi connectivity index (χ3n) is 2.67. The number of nitrogens with one attached hydrogen (secondary N) is 1. The molecule has 0 radical (unpaired) electrons.